The number of nitrogens with one attached hydrogen (secondary N) is 1. The molecular weight excluding hydrogens is 396 g/mol. The summed E-state index contributed by atoms with van der Waals surface area (Å²) in [6, 6.07) is 7.18. The van der Waals surface area contributed by atoms with Crippen LogP contribution in [0.3, 0.4) is 0 Å². The molecule has 1 saturated heterocycles. The number of amides is 1. The first-order valence-electron chi connectivity index (χ1n) is 9.81. The van der Waals surface area contributed by atoms with Crippen LogP contribution in [0, 0.1) is 5.92 Å². The molecule has 0 unspecified atom stereocenters. The Kier molecular flexibility index (Phi) is 8.18. The minimum Gasteiger partial charge on any atom is -0.411 e. The highest BCUT2D eigenvalue weighted by atomic mass is 35.5. The molecule has 0 saturated carbocycles. The highest BCUT2D eigenvalue weighted by molar-refractivity contribution is 7.99. The Morgan fingerprint density at radius 2 is 2.00 bits per heavy atom. The van der Waals surface area contributed by atoms with Crippen LogP contribution in [-0.2, 0) is 4.79 Å². The maximum Gasteiger partial charge on any atom is 0.277 e. The predicted molar refractivity (Wildman–Crippen MR) is 113 cm³/mol. The van der Waals surface area contributed by atoms with Gasteiger partial charge in [-0.2, -0.15) is 0 Å². The van der Waals surface area contributed by atoms with Gasteiger partial charge in [-0.3, -0.25) is 4.79 Å². The topological polar surface area (TPSA) is 71.3 Å². The van der Waals surface area contributed by atoms with Crippen LogP contribution in [0.5, 0.6) is 0 Å². The number of rotatable bonds is 9. The predicted octanol–water partition coefficient (Wildman–Crippen LogP) is 4.11. The Labute approximate surface area is 175 Å². The summed E-state index contributed by atoms with van der Waals surface area (Å²) in [6.07, 6.45) is 4.74. The number of hydrogen-bond acceptors (Lipinski definition) is 6. The monoisotopic (exact) mass is 422 g/mol. The number of benzene rings is 1. The lowest BCUT2D eigenvalue weighted by atomic mass is 9.99. The number of aromatic nitrogens is 2. The number of halogens is 1. The second-order valence-corrected chi connectivity index (χ2v) is 8.61. The van der Waals surface area contributed by atoms with E-state index in [9.17, 15) is 4.79 Å². The van der Waals surface area contributed by atoms with Crippen molar-refractivity contribution in [2.24, 2.45) is 5.92 Å². The van der Waals surface area contributed by atoms with Crippen LogP contribution in [-0.4, -0.2) is 52.9 Å². The fraction of sp³-hybridized carbons (Fsp3) is 0.550. The summed E-state index contributed by atoms with van der Waals surface area (Å²) in [6.45, 7) is 6.60. The van der Waals surface area contributed by atoms with Crippen LogP contribution in [0.25, 0.3) is 11.5 Å². The van der Waals surface area contributed by atoms with Gasteiger partial charge in [-0.25, -0.2) is 0 Å². The average molecular weight is 423 g/mol. The summed E-state index contributed by atoms with van der Waals surface area (Å²) >= 11 is 7.12. The molecule has 28 heavy (non-hydrogen) atoms. The van der Waals surface area contributed by atoms with Gasteiger partial charge in [0.05, 0.1) is 5.75 Å². The summed E-state index contributed by atoms with van der Waals surface area (Å²) in [5, 5.41) is 12.0. The molecule has 1 aliphatic heterocycles. The molecule has 0 aliphatic carbocycles. The minimum atomic E-state index is -0.0111. The molecule has 2 aromatic rings. The molecule has 1 aliphatic rings. The molecule has 2 heterocycles. The SMILES string of the molecule is CC1CCN(CCCCNC(=O)CSc2nnc(-c3ccc(Cl)cc3)o2)CC1. The first kappa shape index (κ1) is 21.1. The van der Waals surface area contributed by atoms with Crippen LogP contribution in [0.4, 0.5) is 0 Å². The molecule has 1 aromatic carbocycles. The maximum atomic E-state index is 12.0. The Balaban J connectivity index is 1.29. The van der Waals surface area contributed by atoms with E-state index >= 15 is 0 Å². The molecule has 8 heteroatoms. The highest BCUT2D eigenvalue weighted by Crippen LogP contribution is 2.24. The van der Waals surface area contributed by atoms with Crippen molar-refractivity contribution in [3.05, 3.63) is 29.3 Å². The van der Waals surface area contributed by atoms with Crippen LogP contribution >= 0.6 is 23.4 Å². The molecule has 6 nitrogen and oxygen atoms in total. The van der Waals surface area contributed by atoms with Crippen molar-refractivity contribution in [2.75, 3.05) is 31.9 Å². The summed E-state index contributed by atoms with van der Waals surface area (Å²) in [5.74, 6) is 1.55. The van der Waals surface area contributed by atoms with Crippen molar-refractivity contribution in [2.45, 2.75) is 37.8 Å². The molecule has 0 bridgehead atoms. The quantitative estimate of drug-likeness (QED) is 0.484. The normalized spacial score (nSPS) is 15.6. The summed E-state index contributed by atoms with van der Waals surface area (Å²) in [5.41, 5.74) is 0.802. The van der Waals surface area contributed by atoms with Crippen LogP contribution in [0.15, 0.2) is 33.9 Å². The van der Waals surface area contributed by atoms with E-state index in [4.69, 9.17) is 16.0 Å². The van der Waals surface area contributed by atoms with Crippen molar-refractivity contribution in [3.8, 4) is 11.5 Å². The fourth-order valence-corrected chi connectivity index (χ4v) is 3.85. The molecule has 1 amide bonds. The van der Waals surface area contributed by atoms with Gasteiger partial charge < -0.3 is 14.6 Å². The minimum absolute atomic E-state index is 0.0111. The van der Waals surface area contributed by atoms with Crippen molar-refractivity contribution < 1.29 is 9.21 Å². The van der Waals surface area contributed by atoms with E-state index in [1.165, 1.54) is 37.7 Å². The third-order valence-electron chi connectivity index (χ3n) is 4.92. The van der Waals surface area contributed by atoms with Gasteiger partial charge in [0.1, 0.15) is 0 Å². The maximum absolute atomic E-state index is 12.0. The Morgan fingerprint density at radius 3 is 2.75 bits per heavy atom. The van der Waals surface area contributed by atoms with Gasteiger partial charge in [-0.1, -0.05) is 30.3 Å². The number of thioether (sulfide) groups is 1. The van der Waals surface area contributed by atoms with Crippen LogP contribution < -0.4 is 5.32 Å². The van der Waals surface area contributed by atoms with Crippen molar-refractivity contribution in [1.29, 1.82) is 0 Å². The largest absolute Gasteiger partial charge is 0.411 e. The number of nitrogens with zero attached hydrogens (tertiary/aromatic N) is 3. The first-order valence-corrected chi connectivity index (χ1v) is 11.2. The second-order valence-electron chi connectivity index (χ2n) is 7.25. The number of carbonyl (C=O) groups is 1. The van der Waals surface area contributed by atoms with Gasteiger partial charge in [0.15, 0.2) is 0 Å². The van der Waals surface area contributed by atoms with Gasteiger partial charge in [0.2, 0.25) is 11.8 Å². The smallest absolute Gasteiger partial charge is 0.277 e. The van der Waals surface area contributed by atoms with E-state index in [0.29, 0.717) is 22.7 Å². The van der Waals surface area contributed by atoms with E-state index < -0.39 is 0 Å². The molecule has 3 rings (SSSR count). The van der Waals surface area contributed by atoms with Crippen molar-refractivity contribution in [3.63, 3.8) is 0 Å². The van der Waals surface area contributed by atoms with Gasteiger partial charge in [-0.15, -0.1) is 10.2 Å². The zero-order chi connectivity index (χ0) is 19.8. The molecule has 0 atom stereocenters. The van der Waals surface area contributed by atoms with Gasteiger partial charge in [0.25, 0.3) is 5.22 Å². The molecule has 0 radical (unpaired) electrons. The van der Waals surface area contributed by atoms with E-state index in [2.05, 4.69) is 27.3 Å². The lowest BCUT2D eigenvalue weighted by Gasteiger charge is -2.30. The van der Waals surface area contributed by atoms with Gasteiger partial charge in [-0.05, 0) is 75.5 Å². The van der Waals surface area contributed by atoms with E-state index in [0.717, 1.165) is 30.9 Å². The molecular formula is C20H27ClN4O2S. The average Bonchev–Trinajstić information content (AvgIpc) is 3.17. The van der Waals surface area contributed by atoms with Crippen molar-refractivity contribution >= 4 is 29.3 Å². The van der Waals surface area contributed by atoms with Crippen LogP contribution in [0.2, 0.25) is 5.02 Å². The van der Waals surface area contributed by atoms with E-state index in [-0.39, 0.29) is 11.7 Å². The Bertz CT molecular complexity index is 745. The number of unbranched alkanes of at least 4 members (excludes halogenated alkanes) is 1. The molecule has 1 fully saturated rings. The zero-order valence-electron chi connectivity index (χ0n) is 16.2. The summed E-state index contributed by atoms with van der Waals surface area (Å²) < 4.78 is 5.59. The lowest BCUT2D eigenvalue weighted by Crippen LogP contribution is -2.34. The van der Waals surface area contributed by atoms with E-state index in [1.807, 2.05) is 12.1 Å². The molecule has 0 spiro atoms. The van der Waals surface area contributed by atoms with Gasteiger partial charge >= 0.3 is 0 Å². The number of carbonyl (C=O) groups excluding carboxylic acids is 1. The zero-order valence-corrected chi connectivity index (χ0v) is 17.8. The Hall–Kier alpha value is -1.57. The third kappa shape index (κ3) is 6.79. The van der Waals surface area contributed by atoms with E-state index in [1.54, 1.807) is 12.1 Å². The standard InChI is InChI=1S/C20H27ClN4O2S/c1-15-8-12-25(13-9-15)11-3-2-10-22-18(26)14-28-20-24-23-19(27-20)16-4-6-17(21)7-5-16/h4-7,15H,2-3,8-14H2,1H3,(H,22,26). The van der Waals surface area contributed by atoms with Crippen LogP contribution in [0.1, 0.15) is 32.6 Å². The summed E-state index contributed by atoms with van der Waals surface area (Å²) in [4.78, 5) is 14.5. The Morgan fingerprint density at radius 1 is 1.25 bits per heavy atom. The molecule has 1 aromatic heterocycles. The molecule has 1 N–H and O–H groups in total. The number of likely N-dealkylation sites (tertiary alicyclic amines) is 1. The molecule has 152 valence electrons. The van der Waals surface area contributed by atoms with Gasteiger partial charge in [0, 0.05) is 17.1 Å². The fourth-order valence-electron chi connectivity index (χ4n) is 3.13. The lowest BCUT2D eigenvalue weighted by molar-refractivity contribution is -0.118. The summed E-state index contributed by atoms with van der Waals surface area (Å²) in [7, 11) is 0. The third-order valence-corrected chi connectivity index (χ3v) is 5.99. The number of piperidine rings is 1. The highest BCUT2D eigenvalue weighted by Gasteiger charge is 2.15. The first-order chi connectivity index (χ1) is 13.6. The number of hydrogen-bond donors (Lipinski definition) is 1. The van der Waals surface area contributed by atoms with Crippen molar-refractivity contribution in [1.82, 2.24) is 20.4 Å². The second kappa shape index (κ2) is 10.8.